The molecule has 16 heavy (non-hydrogen) atoms. The molecular formula is C13H26N2O. The first-order valence-corrected chi connectivity index (χ1v) is 6.88. The molecule has 3 heteroatoms. The highest BCUT2D eigenvalue weighted by atomic mass is 16.5. The van der Waals surface area contributed by atoms with Gasteiger partial charge >= 0.3 is 0 Å². The maximum absolute atomic E-state index is 5.58. The minimum absolute atomic E-state index is 0.386. The summed E-state index contributed by atoms with van der Waals surface area (Å²) in [6.45, 7) is 7.56. The summed E-state index contributed by atoms with van der Waals surface area (Å²) in [5.74, 6) is 0. The highest BCUT2D eigenvalue weighted by molar-refractivity contribution is 4.96. The normalized spacial score (nSPS) is 38.6. The van der Waals surface area contributed by atoms with Crippen molar-refractivity contribution < 1.29 is 4.74 Å². The van der Waals surface area contributed by atoms with Crippen LogP contribution < -0.4 is 10.6 Å². The highest BCUT2D eigenvalue weighted by Crippen LogP contribution is 2.26. The Morgan fingerprint density at radius 2 is 2.19 bits per heavy atom. The molecule has 0 aromatic heterocycles. The van der Waals surface area contributed by atoms with Gasteiger partial charge in [-0.1, -0.05) is 6.92 Å². The molecule has 1 heterocycles. The summed E-state index contributed by atoms with van der Waals surface area (Å²) in [5.41, 5.74) is 0.386. The molecule has 1 saturated heterocycles. The lowest BCUT2D eigenvalue weighted by atomic mass is 9.87. The van der Waals surface area contributed by atoms with Gasteiger partial charge in [0.05, 0.1) is 6.10 Å². The summed E-state index contributed by atoms with van der Waals surface area (Å²) in [6, 6.07) is 0.697. The van der Waals surface area contributed by atoms with E-state index in [4.69, 9.17) is 4.74 Å². The van der Waals surface area contributed by atoms with E-state index in [0.717, 1.165) is 13.2 Å². The number of ether oxygens (including phenoxy) is 1. The van der Waals surface area contributed by atoms with E-state index in [1.807, 2.05) is 0 Å². The lowest BCUT2D eigenvalue weighted by molar-refractivity contribution is -0.0112. The molecule has 1 aliphatic carbocycles. The summed E-state index contributed by atoms with van der Waals surface area (Å²) in [7, 11) is 0. The molecule has 94 valence electrons. The van der Waals surface area contributed by atoms with Crippen LogP contribution in [-0.2, 0) is 4.74 Å². The molecule has 0 bridgehead atoms. The fourth-order valence-electron chi connectivity index (χ4n) is 2.89. The van der Waals surface area contributed by atoms with E-state index in [1.165, 1.54) is 38.6 Å². The topological polar surface area (TPSA) is 33.3 Å². The zero-order valence-corrected chi connectivity index (χ0v) is 10.7. The van der Waals surface area contributed by atoms with E-state index >= 15 is 0 Å². The van der Waals surface area contributed by atoms with Crippen LogP contribution in [0.5, 0.6) is 0 Å². The average molecular weight is 226 g/mol. The van der Waals surface area contributed by atoms with Crippen molar-refractivity contribution in [3.05, 3.63) is 0 Å². The van der Waals surface area contributed by atoms with Crippen LogP contribution in [0, 0.1) is 0 Å². The van der Waals surface area contributed by atoms with Crippen molar-refractivity contribution in [1.82, 2.24) is 10.6 Å². The fourth-order valence-corrected chi connectivity index (χ4v) is 2.89. The zero-order chi connectivity index (χ0) is 11.4. The molecule has 1 saturated carbocycles. The minimum Gasteiger partial charge on any atom is -0.378 e. The molecular weight excluding hydrogens is 200 g/mol. The Bertz CT molecular complexity index is 208. The van der Waals surface area contributed by atoms with E-state index in [9.17, 15) is 0 Å². The van der Waals surface area contributed by atoms with Gasteiger partial charge in [0.2, 0.25) is 0 Å². The average Bonchev–Trinajstić information content (AvgIpc) is 2.71. The molecule has 2 N–H and O–H groups in total. The predicted molar refractivity (Wildman–Crippen MR) is 66.7 cm³/mol. The maximum Gasteiger partial charge on any atom is 0.0604 e. The van der Waals surface area contributed by atoms with E-state index in [1.54, 1.807) is 0 Å². The van der Waals surface area contributed by atoms with Gasteiger partial charge < -0.3 is 15.4 Å². The Morgan fingerprint density at radius 1 is 1.38 bits per heavy atom. The van der Waals surface area contributed by atoms with Crippen LogP contribution in [0.15, 0.2) is 0 Å². The molecule has 2 rings (SSSR count). The number of rotatable bonds is 6. The number of hydrogen-bond acceptors (Lipinski definition) is 3. The van der Waals surface area contributed by atoms with Crippen LogP contribution in [0.2, 0.25) is 0 Å². The number of nitrogens with one attached hydrogen (secondary N) is 2. The molecule has 2 fully saturated rings. The summed E-state index contributed by atoms with van der Waals surface area (Å²) in [6.07, 6.45) is 6.83. The minimum atomic E-state index is 0.386. The Balaban J connectivity index is 1.64. The van der Waals surface area contributed by atoms with Crippen molar-refractivity contribution in [2.45, 2.75) is 63.6 Å². The molecule has 1 aliphatic heterocycles. The Kier molecular flexibility index (Phi) is 4.22. The Labute approximate surface area is 99.3 Å². The van der Waals surface area contributed by atoms with Gasteiger partial charge in [-0.2, -0.15) is 0 Å². The van der Waals surface area contributed by atoms with Crippen LogP contribution in [-0.4, -0.2) is 37.4 Å². The zero-order valence-electron chi connectivity index (χ0n) is 10.7. The first-order valence-electron chi connectivity index (χ1n) is 6.88. The van der Waals surface area contributed by atoms with Crippen LogP contribution in [0.1, 0.15) is 46.0 Å². The monoisotopic (exact) mass is 226 g/mol. The van der Waals surface area contributed by atoms with E-state index in [2.05, 4.69) is 24.5 Å². The van der Waals surface area contributed by atoms with Gasteiger partial charge in [-0.15, -0.1) is 0 Å². The molecule has 0 radical (unpaired) electrons. The van der Waals surface area contributed by atoms with E-state index in [0.29, 0.717) is 17.7 Å². The van der Waals surface area contributed by atoms with E-state index in [-0.39, 0.29) is 0 Å². The van der Waals surface area contributed by atoms with Gasteiger partial charge in [-0.05, 0) is 45.6 Å². The molecule has 3 nitrogen and oxygen atoms in total. The van der Waals surface area contributed by atoms with Crippen molar-refractivity contribution in [2.75, 3.05) is 19.7 Å². The maximum atomic E-state index is 5.58. The van der Waals surface area contributed by atoms with Crippen molar-refractivity contribution in [3.8, 4) is 0 Å². The highest BCUT2D eigenvalue weighted by Gasteiger charge is 2.34. The van der Waals surface area contributed by atoms with Crippen molar-refractivity contribution >= 4 is 0 Å². The molecule has 0 aromatic rings. The second kappa shape index (κ2) is 5.48. The number of hydrogen-bond donors (Lipinski definition) is 2. The molecule has 2 aliphatic rings. The fraction of sp³-hybridized carbons (Fsp3) is 1.00. The Hall–Kier alpha value is -0.120. The smallest absolute Gasteiger partial charge is 0.0604 e. The summed E-state index contributed by atoms with van der Waals surface area (Å²) in [4.78, 5) is 0. The second-order valence-corrected chi connectivity index (χ2v) is 5.29. The van der Waals surface area contributed by atoms with Gasteiger partial charge in [0.1, 0.15) is 0 Å². The standard InChI is InChI=1S/C13H26N2O/c1-3-13(6-5-7-15-13)10-14-11-8-12(9-11)16-4-2/h11-12,14-15H,3-10H2,1-2H3. The summed E-state index contributed by atoms with van der Waals surface area (Å²) >= 11 is 0. The molecule has 0 spiro atoms. The quantitative estimate of drug-likeness (QED) is 0.723. The lowest BCUT2D eigenvalue weighted by Gasteiger charge is -2.38. The predicted octanol–water partition coefficient (Wildman–Crippen LogP) is 1.68. The third-order valence-electron chi connectivity index (χ3n) is 4.24. The van der Waals surface area contributed by atoms with Gasteiger partial charge in [-0.3, -0.25) is 0 Å². The van der Waals surface area contributed by atoms with Crippen LogP contribution in [0.4, 0.5) is 0 Å². The van der Waals surface area contributed by atoms with E-state index < -0.39 is 0 Å². The molecule has 0 aromatic carbocycles. The van der Waals surface area contributed by atoms with Crippen molar-refractivity contribution in [1.29, 1.82) is 0 Å². The Morgan fingerprint density at radius 3 is 2.75 bits per heavy atom. The van der Waals surface area contributed by atoms with Gasteiger partial charge in [-0.25, -0.2) is 0 Å². The molecule has 1 atom stereocenters. The van der Waals surface area contributed by atoms with Crippen LogP contribution in [0.3, 0.4) is 0 Å². The summed E-state index contributed by atoms with van der Waals surface area (Å²) in [5, 5.41) is 7.36. The van der Waals surface area contributed by atoms with Gasteiger partial charge in [0, 0.05) is 24.7 Å². The van der Waals surface area contributed by atoms with Crippen molar-refractivity contribution in [3.63, 3.8) is 0 Å². The first kappa shape index (κ1) is 12.3. The summed E-state index contributed by atoms with van der Waals surface area (Å²) < 4.78 is 5.58. The third kappa shape index (κ3) is 2.76. The van der Waals surface area contributed by atoms with Crippen molar-refractivity contribution in [2.24, 2.45) is 0 Å². The SMILES string of the molecule is CCOC1CC(NCC2(CC)CCCN2)C1. The van der Waals surface area contributed by atoms with Gasteiger partial charge in [0.15, 0.2) is 0 Å². The van der Waals surface area contributed by atoms with Crippen LogP contribution >= 0.6 is 0 Å². The third-order valence-corrected chi connectivity index (χ3v) is 4.24. The second-order valence-electron chi connectivity index (χ2n) is 5.29. The first-order chi connectivity index (χ1) is 7.78. The molecule has 1 unspecified atom stereocenters. The molecule has 0 amide bonds. The largest absolute Gasteiger partial charge is 0.378 e. The van der Waals surface area contributed by atoms with Crippen LogP contribution in [0.25, 0.3) is 0 Å². The van der Waals surface area contributed by atoms with Gasteiger partial charge in [0.25, 0.3) is 0 Å². The lowest BCUT2D eigenvalue weighted by Crippen LogP contribution is -2.54.